The van der Waals surface area contributed by atoms with Crippen LogP contribution in [-0.2, 0) is 55.5 Å². The summed E-state index contributed by atoms with van der Waals surface area (Å²) in [5.41, 5.74) is 3.56. The number of aliphatic hydroxyl groups is 5. The summed E-state index contributed by atoms with van der Waals surface area (Å²) in [7, 11) is -17.7. The minimum absolute atomic E-state index is 0.0311. The smallest absolute Gasteiger partial charge is 0.274 e. The van der Waals surface area contributed by atoms with Gasteiger partial charge >= 0.3 is 0 Å². The summed E-state index contributed by atoms with van der Waals surface area (Å²) in [5.74, 6) is -1.79. The molecule has 4 saturated carbocycles. The Morgan fingerprint density at radius 2 is 1.64 bits per heavy atom. The highest BCUT2D eigenvalue weighted by atomic mass is 32.2. The predicted octanol–water partition coefficient (Wildman–Crippen LogP) is -0.280. The fraction of sp³-hybridized carbons (Fsp3) is 0.812. The minimum Gasteiger partial charge on any atom is -0.790 e. The first kappa shape index (κ1) is 64.7. The molecule has 0 bridgehead atoms. The van der Waals surface area contributed by atoms with Crippen molar-refractivity contribution in [2.24, 2.45) is 57.7 Å². The van der Waals surface area contributed by atoms with E-state index in [1.165, 1.54) is 13.8 Å². The Morgan fingerprint density at radius 3 is 2.34 bits per heavy atom. The van der Waals surface area contributed by atoms with Crippen molar-refractivity contribution in [3.8, 4) is 0 Å². The van der Waals surface area contributed by atoms with Gasteiger partial charge in [0, 0.05) is 37.1 Å². The Morgan fingerprint density at radius 1 is 0.938 bits per heavy atom. The van der Waals surface area contributed by atoms with Crippen molar-refractivity contribution < 1.29 is 101 Å². The number of rotatable bonds is 25. The molecule has 19 atom stereocenters. The zero-order valence-corrected chi connectivity index (χ0v) is 48.8. The van der Waals surface area contributed by atoms with Crippen LogP contribution in [0.2, 0.25) is 0 Å². The zero-order chi connectivity index (χ0) is 59.1. The first-order chi connectivity index (χ1) is 37.2. The maximum atomic E-state index is 13.3. The number of nitrogens with one attached hydrogen (secondary N) is 2. The molecule has 1 aliphatic heterocycles. The number of carbonyl (C=O) groups excluding carboxylic acids is 4. The molecule has 1 saturated heterocycles. The number of ketones is 1. The summed E-state index contributed by atoms with van der Waals surface area (Å²) in [6.45, 7) is 7.92. The van der Waals surface area contributed by atoms with Crippen molar-refractivity contribution in [3.05, 3.63) is 12.7 Å². The van der Waals surface area contributed by atoms with E-state index in [2.05, 4.69) is 64.2 Å². The number of ether oxygens (including phenoxy) is 1. The number of nitrogens with two attached hydrogens (primary N) is 1. The Hall–Kier alpha value is -2.89. The third-order valence-corrected chi connectivity index (χ3v) is 22.0. The van der Waals surface area contributed by atoms with Gasteiger partial charge in [0.2, 0.25) is 11.8 Å². The monoisotopic (exact) mass is 1210 g/mol. The largest absolute Gasteiger partial charge is 0.790 e. The maximum Gasteiger partial charge on any atom is 0.274 e. The number of anilines is 1. The average molecular weight is 1210 g/mol. The Labute approximate surface area is 466 Å². The molecule has 2 amide bonds. The van der Waals surface area contributed by atoms with Crippen LogP contribution < -0.4 is 35.9 Å². The number of imidazole rings is 1. The molecule has 28 nitrogen and oxygen atoms in total. The first-order valence-corrected chi connectivity index (χ1v) is 32.1. The molecule has 4 aliphatic carbocycles. The highest BCUT2D eigenvalue weighted by Crippen LogP contribution is 2.68. The van der Waals surface area contributed by atoms with Gasteiger partial charge in [-0.3, -0.25) is 32.9 Å². The van der Waals surface area contributed by atoms with E-state index < -0.39 is 108 Å². The van der Waals surface area contributed by atoms with Gasteiger partial charge in [0.1, 0.15) is 42.0 Å². The fourth-order valence-electron chi connectivity index (χ4n) is 13.4. The van der Waals surface area contributed by atoms with Crippen molar-refractivity contribution >= 4 is 74.9 Å². The molecular weight excluding hydrogens is 1140 g/mol. The number of Topliss-reactive ketones (excluding diaryl/α,β-unsaturated/α-hetero) is 1. The average Bonchev–Trinajstić information content (AvgIpc) is 3.66. The molecular formula is C48H74N7O21P3S-4. The third-order valence-electron chi connectivity index (χ3n) is 17.9. The molecule has 7 rings (SSSR count). The van der Waals surface area contributed by atoms with Crippen molar-refractivity contribution in [1.29, 1.82) is 0 Å². The lowest BCUT2D eigenvalue weighted by Crippen LogP contribution is -2.62. The van der Waals surface area contributed by atoms with E-state index >= 15 is 0 Å². The van der Waals surface area contributed by atoms with Gasteiger partial charge < -0.3 is 84.3 Å². The number of nitrogen functional groups attached to an aromatic ring is 1. The molecule has 2 aromatic heterocycles. The first-order valence-electron chi connectivity index (χ1n) is 26.7. The van der Waals surface area contributed by atoms with Crippen LogP contribution in [-0.4, -0.2) is 143 Å². The summed E-state index contributed by atoms with van der Waals surface area (Å²) < 4.78 is 61.1. The molecule has 0 aromatic carbocycles. The standard InChI is InChI=1S/C48H78N7O21P3S/c1-24(28-8-9-29-36-30(19-34(59)48(28,29)6)47(5)13-11-27(56)17-26(47)18-32(36)58)7-10-31(57)25(2)45(64)80-16-15-50-35(60)12-14-51-43(63)40(62)46(3,4)21-73-79(70,71)76-78(68,69)72-20-33-39(75-77(65,66)67)38(61)44(74-33)55-23-54-37-41(49)52-22-53-42(37)55/h22-30,32-34,36,38-40,44,56,58-59,61-62H,7-21H2,1-6H3,(H,50,60)(H,51,63)(H,68,69)(H,70,71)(H2,49,52,53)(H2,65,66,67)/p-4/t24-,25?,26+,27-,28-,29+,30+,32-,33-,34?,36+,38-,39-,40+,44-,47+,48?/m1/s1. The second-order valence-corrected chi connectivity index (χ2v) is 28.5. The van der Waals surface area contributed by atoms with E-state index in [0.29, 0.717) is 25.7 Å². The van der Waals surface area contributed by atoms with Crippen LogP contribution in [0.25, 0.3) is 11.2 Å². The van der Waals surface area contributed by atoms with Crippen LogP contribution in [0.3, 0.4) is 0 Å². The normalized spacial score (nSPS) is 34.2. The van der Waals surface area contributed by atoms with E-state index in [1.807, 2.05) is 0 Å². The molecule has 0 radical (unpaired) electrons. The van der Waals surface area contributed by atoms with Crippen molar-refractivity contribution in [2.45, 2.75) is 155 Å². The second-order valence-electron chi connectivity index (χ2n) is 23.4. The Balaban J connectivity index is 0.780. The number of aliphatic hydroxyl groups excluding tert-OH is 5. The number of nitrogens with zero attached hydrogens (tertiary/aromatic N) is 4. The van der Waals surface area contributed by atoms with Crippen LogP contribution in [0, 0.1) is 57.7 Å². The number of fused-ring (bicyclic) bond motifs is 6. The fourth-order valence-corrected chi connectivity index (χ4v) is 17.0. The molecule has 9 N–H and O–H groups in total. The van der Waals surface area contributed by atoms with E-state index in [4.69, 9.17) is 10.5 Å². The van der Waals surface area contributed by atoms with Gasteiger partial charge in [0.25, 0.3) is 15.6 Å². The van der Waals surface area contributed by atoms with Crippen LogP contribution in [0.4, 0.5) is 5.82 Å². The van der Waals surface area contributed by atoms with E-state index in [9.17, 15) is 78.0 Å². The number of amides is 2. The molecule has 5 aliphatic rings. The lowest BCUT2D eigenvalue weighted by atomic mass is 9.43. The van der Waals surface area contributed by atoms with Gasteiger partial charge in [-0.1, -0.05) is 46.4 Å². The number of hydrogen-bond donors (Lipinski definition) is 8. The third kappa shape index (κ3) is 14.4. The van der Waals surface area contributed by atoms with Crippen LogP contribution in [0.5, 0.6) is 0 Å². The van der Waals surface area contributed by atoms with Gasteiger partial charge in [0.15, 0.2) is 22.8 Å². The number of thioether (sulfide) groups is 1. The molecule has 0 spiro atoms. The number of aromatic nitrogens is 4. The SMILES string of the molecule is CC(C(=O)CC[C@@H](C)[C@H]1CC[C@H]2[C@@H]3[C@H](O)C[C@@H]4C[C@H](O)CC[C@]4(C)[C@H]3CC(O)C12C)C(=O)SCCNC(=O)CCNC(=O)[C@H](O)C(C)(C)COP(=O)([O-])OP(=O)([O-])OC[C@H]1O[C@@H](n2cnc3c(N)ncnc32)[C@H](O)[C@@H]1OP(=O)([O-])[O-]. The Kier molecular flexibility index (Phi) is 20.5. The predicted molar refractivity (Wildman–Crippen MR) is 275 cm³/mol. The molecule has 2 aromatic rings. The molecule has 32 heteroatoms. The molecule has 5 fully saturated rings. The summed E-state index contributed by atoms with van der Waals surface area (Å²) >= 11 is 0.896. The highest BCUT2D eigenvalue weighted by Gasteiger charge is 2.66. The zero-order valence-electron chi connectivity index (χ0n) is 45.3. The summed E-state index contributed by atoms with van der Waals surface area (Å²) in [6.07, 6.45) is -3.12. The van der Waals surface area contributed by atoms with E-state index in [-0.39, 0.29) is 107 Å². The van der Waals surface area contributed by atoms with Gasteiger partial charge in [-0.2, -0.15) is 0 Å². The van der Waals surface area contributed by atoms with Gasteiger partial charge in [-0.05, 0) is 105 Å². The van der Waals surface area contributed by atoms with Crippen LogP contribution >= 0.6 is 35.2 Å². The number of phosphoric acid groups is 3. The molecule has 80 heavy (non-hydrogen) atoms. The number of phosphoric ester groups is 3. The van der Waals surface area contributed by atoms with Crippen molar-refractivity contribution in [3.63, 3.8) is 0 Å². The van der Waals surface area contributed by atoms with Gasteiger partial charge in [-0.15, -0.1) is 0 Å². The number of hydrogen-bond acceptors (Lipinski definition) is 26. The quantitative estimate of drug-likeness (QED) is 0.0360. The van der Waals surface area contributed by atoms with Crippen LogP contribution in [0.15, 0.2) is 12.7 Å². The van der Waals surface area contributed by atoms with E-state index in [1.54, 1.807) is 6.92 Å². The second kappa shape index (κ2) is 25.4. The highest BCUT2D eigenvalue weighted by molar-refractivity contribution is 8.13. The maximum absolute atomic E-state index is 13.3. The Bertz CT molecular complexity index is 2720. The summed E-state index contributed by atoms with van der Waals surface area (Å²) in [5, 5.41) is 60.1. The minimum atomic E-state index is -5.96. The summed E-state index contributed by atoms with van der Waals surface area (Å²) in [6, 6.07) is 0. The van der Waals surface area contributed by atoms with Gasteiger partial charge in [0.05, 0.1) is 51.6 Å². The molecule has 3 heterocycles. The molecule has 452 valence electrons. The van der Waals surface area contributed by atoms with Crippen molar-refractivity contribution in [1.82, 2.24) is 30.2 Å². The van der Waals surface area contributed by atoms with Crippen LogP contribution in [0.1, 0.15) is 112 Å². The topological polar surface area (TPSA) is 453 Å². The lowest BCUT2D eigenvalue weighted by molar-refractivity contribution is -0.347. The lowest BCUT2D eigenvalue weighted by Gasteiger charge is -2.63. The van der Waals surface area contributed by atoms with Gasteiger partial charge in [-0.25, -0.2) is 19.3 Å². The molecule has 5 unspecified atom stereocenters. The van der Waals surface area contributed by atoms with Crippen molar-refractivity contribution in [2.75, 3.05) is 37.8 Å². The summed E-state index contributed by atoms with van der Waals surface area (Å²) in [4.78, 5) is 112. The number of carbonyl (C=O) groups is 4. The van der Waals surface area contributed by atoms with E-state index in [0.717, 1.165) is 54.7 Å².